The molecule has 0 bridgehead atoms. The molecule has 2 fully saturated rings. The van der Waals surface area contributed by atoms with Crippen LogP contribution in [0.25, 0.3) is 0 Å². The van der Waals surface area contributed by atoms with Crippen LogP contribution < -0.4 is 4.74 Å². The zero-order valence-electron chi connectivity index (χ0n) is 19.5. The Morgan fingerprint density at radius 3 is 2.28 bits per heavy atom. The van der Waals surface area contributed by atoms with Crippen LogP contribution in [-0.4, -0.2) is 61.8 Å². The van der Waals surface area contributed by atoms with Gasteiger partial charge in [-0.05, 0) is 86.4 Å². The fourth-order valence-electron chi connectivity index (χ4n) is 5.93. The lowest BCUT2D eigenvalue weighted by molar-refractivity contribution is 0.0541. The lowest BCUT2D eigenvalue weighted by atomic mass is 9.94. The van der Waals surface area contributed by atoms with E-state index in [0.29, 0.717) is 6.10 Å². The summed E-state index contributed by atoms with van der Waals surface area (Å²) < 4.78 is 11.3. The molecule has 0 saturated carbocycles. The Labute approximate surface area is 193 Å². The highest BCUT2D eigenvalue weighted by Crippen LogP contribution is 2.29. The predicted molar refractivity (Wildman–Crippen MR) is 129 cm³/mol. The van der Waals surface area contributed by atoms with Gasteiger partial charge >= 0.3 is 0 Å². The van der Waals surface area contributed by atoms with Crippen molar-refractivity contribution in [3.63, 3.8) is 0 Å². The van der Waals surface area contributed by atoms with Crippen LogP contribution in [0.4, 0.5) is 0 Å². The molecule has 0 radical (unpaired) electrons. The summed E-state index contributed by atoms with van der Waals surface area (Å²) in [5, 5.41) is 0. The third-order valence-corrected chi connectivity index (χ3v) is 7.76. The number of rotatable bonds is 8. The van der Waals surface area contributed by atoms with Crippen LogP contribution in [0.2, 0.25) is 0 Å². The minimum absolute atomic E-state index is 0.408. The van der Waals surface area contributed by atoms with Gasteiger partial charge in [0.15, 0.2) is 0 Å². The van der Waals surface area contributed by atoms with Crippen molar-refractivity contribution in [2.75, 3.05) is 39.9 Å². The average molecular weight is 435 g/mol. The highest BCUT2D eigenvalue weighted by molar-refractivity contribution is 5.33. The number of piperidine rings is 1. The molecule has 32 heavy (non-hydrogen) atoms. The first kappa shape index (κ1) is 21.9. The minimum atomic E-state index is 0.408. The quantitative estimate of drug-likeness (QED) is 0.608. The molecular formula is C28H38N2O2. The second-order valence-corrected chi connectivity index (χ2v) is 9.99. The van der Waals surface area contributed by atoms with Crippen molar-refractivity contribution >= 4 is 0 Å². The zero-order chi connectivity index (χ0) is 21.8. The molecule has 3 aliphatic rings. The van der Waals surface area contributed by atoms with Crippen molar-refractivity contribution in [1.82, 2.24) is 9.80 Å². The number of methoxy groups -OCH3 is 1. The van der Waals surface area contributed by atoms with Crippen LogP contribution in [0.5, 0.6) is 5.75 Å². The summed E-state index contributed by atoms with van der Waals surface area (Å²) in [4.78, 5) is 5.42. The van der Waals surface area contributed by atoms with Gasteiger partial charge in [-0.1, -0.05) is 36.4 Å². The second-order valence-electron chi connectivity index (χ2n) is 9.99. The number of hydrogen-bond acceptors (Lipinski definition) is 4. The summed E-state index contributed by atoms with van der Waals surface area (Å²) >= 11 is 0. The SMILES string of the molecule is COc1ccc(CN(CC2CCN(C3Cc4ccccc4C3)CC2)CC2CCCO2)cc1. The normalized spacial score (nSPS) is 22.5. The highest BCUT2D eigenvalue weighted by atomic mass is 16.5. The zero-order valence-corrected chi connectivity index (χ0v) is 19.5. The summed E-state index contributed by atoms with van der Waals surface area (Å²) in [7, 11) is 1.73. The van der Waals surface area contributed by atoms with Crippen molar-refractivity contribution < 1.29 is 9.47 Å². The van der Waals surface area contributed by atoms with Crippen LogP contribution in [0.3, 0.4) is 0 Å². The Morgan fingerprint density at radius 1 is 0.938 bits per heavy atom. The first-order valence-corrected chi connectivity index (χ1v) is 12.5. The molecule has 1 unspecified atom stereocenters. The standard InChI is InChI=1S/C28H38N2O2/c1-31-27-10-8-22(9-11-27)19-29(21-28-7-4-16-32-28)20-23-12-14-30(15-13-23)26-17-24-5-2-3-6-25(24)18-26/h2-3,5-6,8-11,23,26,28H,4,7,12-21H2,1H3. The number of hydrogen-bond donors (Lipinski definition) is 0. The van der Waals surface area contributed by atoms with Crippen molar-refractivity contribution in [3.8, 4) is 5.75 Å². The molecular weight excluding hydrogens is 396 g/mol. The molecule has 0 aromatic heterocycles. The maximum Gasteiger partial charge on any atom is 0.118 e. The van der Waals surface area contributed by atoms with Gasteiger partial charge in [-0.2, -0.15) is 0 Å². The van der Waals surface area contributed by atoms with E-state index in [1.807, 2.05) is 0 Å². The largest absolute Gasteiger partial charge is 0.497 e. The van der Waals surface area contributed by atoms with E-state index in [4.69, 9.17) is 9.47 Å². The molecule has 2 aliphatic heterocycles. The van der Waals surface area contributed by atoms with Crippen LogP contribution >= 0.6 is 0 Å². The van der Waals surface area contributed by atoms with Gasteiger partial charge in [-0.3, -0.25) is 9.80 Å². The van der Waals surface area contributed by atoms with Crippen LogP contribution in [0.15, 0.2) is 48.5 Å². The Balaban J connectivity index is 1.15. The molecule has 4 nitrogen and oxygen atoms in total. The molecule has 172 valence electrons. The van der Waals surface area contributed by atoms with Crippen LogP contribution in [0.1, 0.15) is 42.4 Å². The summed E-state index contributed by atoms with van der Waals surface area (Å²) in [5.74, 6) is 1.72. The first-order chi connectivity index (χ1) is 15.8. The van der Waals surface area contributed by atoms with E-state index in [1.54, 1.807) is 18.2 Å². The van der Waals surface area contributed by atoms with Gasteiger partial charge in [0.25, 0.3) is 0 Å². The number of nitrogens with zero attached hydrogens (tertiary/aromatic N) is 2. The molecule has 2 aromatic rings. The Hall–Kier alpha value is -1.88. The van der Waals surface area contributed by atoms with Gasteiger partial charge in [-0.25, -0.2) is 0 Å². The molecule has 0 spiro atoms. The summed E-state index contributed by atoms with van der Waals surface area (Å²) in [6.45, 7) is 6.68. The van der Waals surface area contributed by atoms with E-state index in [-0.39, 0.29) is 0 Å². The molecule has 1 atom stereocenters. The highest BCUT2D eigenvalue weighted by Gasteiger charge is 2.30. The Bertz CT molecular complexity index is 829. The van der Waals surface area contributed by atoms with Gasteiger partial charge in [0.05, 0.1) is 13.2 Å². The molecule has 1 aliphatic carbocycles. The monoisotopic (exact) mass is 434 g/mol. The number of likely N-dealkylation sites (tertiary alicyclic amines) is 1. The lowest BCUT2D eigenvalue weighted by Gasteiger charge is -2.38. The smallest absolute Gasteiger partial charge is 0.118 e. The van der Waals surface area contributed by atoms with Gasteiger partial charge in [0, 0.05) is 32.3 Å². The lowest BCUT2D eigenvalue weighted by Crippen LogP contribution is -2.44. The van der Waals surface area contributed by atoms with Crippen molar-refractivity contribution in [2.45, 2.75) is 57.2 Å². The van der Waals surface area contributed by atoms with Crippen LogP contribution in [0, 0.1) is 5.92 Å². The van der Waals surface area contributed by atoms with E-state index in [9.17, 15) is 0 Å². The molecule has 2 heterocycles. The van der Waals surface area contributed by atoms with Crippen LogP contribution in [-0.2, 0) is 24.1 Å². The van der Waals surface area contributed by atoms with E-state index < -0.39 is 0 Å². The summed E-state index contributed by atoms with van der Waals surface area (Å²) in [5.41, 5.74) is 4.51. The first-order valence-electron chi connectivity index (χ1n) is 12.5. The fraction of sp³-hybridized carbons (Fsp3) is 0.571. The van der Waals surface area contributed by atoms with E-state index >= 15 is 0 Å². The number of ether oxygens (including phenoxy) is 2. The van der Waals surface area contributed by atoms with Crippen molar-refractivity contribution in [3.05, 3.63) is 65.2 Å². The van der Waals surface area contributed by atoms with E-state index in [0.717, 1.165) is 37.4 Å². The Morgan fingerprint density at radius 2 is 1.66 bits per heavy atom. The van der Waals surface area contributed by atoms with Gasteiger partial charge in [-0.15, -0.1) is 0 Å². The molecule has 4 heteroatoms. The fourth-order valence-corrected chi connectivity index (χ4v) is 5.93. The average Bonchev–Trinajstić information content (AvgIpc) is 3.50. The molecule has 0 amide bonds. The number of benzene rings is 2. The third-order valence-electron chi connectivity index (χ3n) is 7.76. The van der Waals surface area contributed by atoms with Gasteiger partial charge in [0.2, 0.25) is 0 Å². The van der Waals surface area contributed by atoms with E-state index in [1.165, 1.54) is 63.7 Å². The summed E-state index contributed by atoms with van der Waals surface area (Å²) in [6, 6.07) is 18.3. The van der Waals surface area contributed by atoms with Crippen molar-refractivity contribution in [2.24, 2.45) is 5.92 Å². The van der Waals surface area contributed by atoms with E-state index in [2.05, 4.69) is 58.3 Å². The maximum absolute atomic E-state index is 5.99. The Kier molecular flexibility index (Phi) is 7.11. The van der Waals surface area contributed by atoms with Gasteiger partial charge < -0.3 is 9.47 Å². The molecule has 0 N–H and O–H groups in total. The number of fused-ring (bicyclic) bond motifs is 1. The minimum Gasteiger partial charge on any atom is -0.497 e. The second kappa shape index (κ2) is 10.4. The maximum atomic E-state index is 5.99. The van der Waals surface area contributed by atoms with Crippen molar-refractivity contribution in [1.29, 1.82) is 0 Å². The molecule has 5 rings (SSSR count). The van der Waals surface area contributed by atoms with Gasteiger partial charge in [0.1, 0.15) is 5.75 Å². The third kappa shape index (κ3) is 5.36. The summed E-state index contributed by atoms with van der Waals surface area (Å²) in [6.07, 6.45) is 7.94. The molecule has 2 aromatic carbocycles. The topological polar surface area (TPSA) is 24.9 Å². The predicted octanol–water partition coefficient (Wildman–Crippen LogP) is 4.56. The molecule has 2 saturated heterocycles.